The molecule has 0 radical (unpaired) electrons. The Balaban J connectivity index is 1.22. The molecule has 0 aliphatic carbocycles. The van der Waals surface area contributed by atoms with Gasteiger partial charge in [0.25, 0.3) is 11.7 Å². The highest BCUT2D eigenvalue weighted by atomic mass is 16.2. The van der Waals surface area contributed by atoms with Crippen LogP contribution in [0.15, 0.2) is 42.5 Å². The number of ketones is 1. The van der Waals surface area contributed by atoms with Crippen molar-refractivity contribution in [1.82, 2.24) is 9.55 Å². The third kappa shape index (κ3) is 5.26. The van der Waals surface area contributed by atoms with Crippen LogP contribution in [0.3, 0.4) is 0 Å². The summed E-state index contributed by atoms with van der Waals surface area (Å²) in [6.45, 7) is 12.7. The molecule has 0 bridgehead atoms. The van der Waals surface area contributed by atoms with Crippen molar-refractivity contribution in [2.75, 3.05) is 41.3 Å². The van der Waals surface area contributed by atoms with Gasteiger partial charge in [-0.2, -0.15) is 0 Å². The van der Waals surface area contributed by atoms with Crippen molar-refractivity contribution in [3.63, 3.8) is 0 Å². The van der Waals surface area contributed by atoms with E-state index in [0.29, 0.717) is 11.4 Å². The zero-order valence-electron chi connectivity index (χ0n) is 22.4. The number of fused-ring (bicyclic) bond motifs is 1. The smallest absolute Gasteiger partial charge is 0.298 e. The Kier molecular flexibility index (Phi) is 7.04. The summed E-state index contributed by atoms with van der Waals surface area (Å²) in [7, 11) is 0. The molecule has 7 nitrogen and oxygen atoms in total. The van der Waals surface area contributed by atoms with Crippen molar-refractivity contribution in [1.29, 1.82) is 0 Å². The first-order valence-electron chi connectivity index (χ1n) is 13.4. The molecule has 2 aliphatic heterocycles. The van der Waals surface area contributed by atoms with E-state index < -0.39 is 11.7 Å². The SMILES string of the molecule is Cc1cc(C)nc(N2CCN(c3ccc(NC(=O)C(=O)c4c(C(C)C)cc5n4CCCC5)cc3)CC2)c1. The topological polar surface area (TPSA) is 70.5 Å². The van der Waals surface area contributed by atoms with Crippen LogP contribution in [0.25, 0.3) is 0 Å². The number of Topliss-reactive ketones (excluding diaryl/α,β-unsaturated/α-hetero) is 1. The van der Waals surface area contributed by atoms with Crippen molar-refractivity contribution in [3.05, 3.63) is 70.7 Å². The molecule has 1 aromatic carbocycles. The summed E-state index contributed by atoms with van der Waals surface area (Å²) in [5.41, 5.74) is 6.74. The molecule has 1 fully saturated rings. The van der Waals surface area contributed by atoms with Crippen molar-refractivity contribution in [2.45, 2.75) is 59.4 Å². The molecule has 2 aromatic heterocycles. The van der Waals surface area contributed by atoms with E-state index >= 15 is 0 Å². The second-order valence-corrected chi connectivity index (χ2v) is 10.7. The maximum absolute atomic E-state index is 13.3. The fraction of sp³-hybridized carbons (Fsp3) is 0.433. The molecule has 0 saturated carbocycles. The summed E-state index contributed by atoms with van der Waals surface area (Å²) >= 11 is 0. The Morgan fingerprint density at radius 2 is 1.59 bits per heavy atom. The number of nitrogens with one attached hydrogen (secondary N) is 1. The predicted octanol–water partition coefficient (Wildman–Crippen LogP) is 5.11. The normalized spacial score (nSPS) is 15.6. The van der Waals surface area contributed by atoms with E-state index in [1.54, 1.807) is 0 Å². The standard InChI is InChI=1S/C30H37N5O2/c1-20(2)26-19-25-7-5-6-12-35(25)28(26)29(36)30(37)32-23-8-10-24(11-9-23)33-13-15-34(16-14-33)27-18-21(3)17-22(4)31-27/h8-11,17-20H,5-7,12-16H2,1-4H3,(H,32,37). The molecule has 0 atom stereocenters. The summed E-state index contributed by atoms with van der Waals surface area (Å²) in [5, 5.41) is 2.84. The summed E-state index contributed by atoms with van der Waals surface area (Å²) < 4.78 is 2.07. The van der Waals surface area contributed by atoms with Crippen LogP contribution in [-0.4, -0.2) is 47.4 Å². The fourth-order valence-electron chi connectivity index (χ4n) is 5.58. The molecule has 194 valence electrons. The van der Waals surface area contributed by atoms with E-state index in [0.717, 1.165) is 74.7 Å². The summed E-state index contributed by atoms with van der Waals surface area (Å²) in [6, 6.07) is 14.2. The maximum Gasteiger partial charge on any atom is 0.298 e. The van der Waals surface area contributed by atoms with E-state index in [4.69, 9.17) is 4.98 Å². The number of carbonyl (C=O) groups is 2. The van der Waals surface area contributed by atoms with E-state index in [-0.39, 0.29) is 5.92 Å². The van der Waals surface area contributed by atoms with Crippen LogP contribution in [0.1, 0.15) is 65.6 Å². The van der Waals surface area contributed by atoms with Crippen molar-refractivity contribution < 1.29 is 9.59 Å². The molecule has 3 aromatic rings. The maximum atomic E-state index is 13.3. The second kappa shape index (κ2) is 10.4. The first-order valence-corrected chi connectivity index (χ1v) is 13.4. The van der Waals surface area contributed by atoms with Gasteiger partial charge in [0.1, 0.15) is 5.82 Å². The van der Waals surface area contributed by atoms with Crippen LogP contribution in [0.4, 0.5) is 17.2 Å². The van der Waals surface area contributed by atoms with E-state index in [9.17, 15) is 9.59 Å². The van der Waals surface area contributed by atoms with Crippen LogP contribution in [0.2, 0.25) is 0 Å². The van der Waals surface area contributed by atoms with Gasteiger partial charge in [-0.15, -0.1) is 0 Å². The lowest BCUT2D eigenvalue weighted by atomic mass is 10.0. The van der Waals surface area contributed by atoms with Crippen molar-refractivity contribution >= 4 is 28.9 Å². The molecule has 1 N–H and O–H groups in total. The Bertz CT molecular complexity index is 1280. The van der Waals surface area contributed by atoms with Crippen LogP contribution in [0.5, 0.6) is 0 Å². The Labute approximate surface area is 219 Å². The number of benzene rings is 1. The number of hydrogen-bond acceptors (Lipinski definition) is 5. The Morgan fingerprint density at radius 3 is 2.27 bits per heavy atom. The predicted molar refractivity (Wildman–Crippen MR) is 149 cm³/mol. The van der Waals surface area contributed by atoms with Gasteiger partial charge in [-0.1, -0.05) is 13.8 Å². The van der Waals surface area contributed by atoms with Gasteiger partial charge in [0, 0.05) is 55.5 Å². The Hall–Kier alpha value is -3.61. The van der Waals surface area contributed by atoms with Crippen LogP contribution in [-0.2, 0) is 17.8 Å². The van der Waals surface area contributed by atoms with Crippen LogP contribution >= 0.6 is 0 Å². The molecule has 4 heterocycles. The summed E-state index contributed by atoms with van der Waals surface area (Å²) in [5.74, 6) is 0.216. The number of rotatable bonds is 6. The van der Waals surface area contributed by atoms with E-state index in [1.165, 1.54) is 11.3 Å². The minimum absolute atomic E-state index is 0.190. The molecule has 2 aliphatic rings. The lowest BCUT2D eigenvalue weighted by Crippen LogP contribution is -2.46. The largest absolute Gasteiger partial charge is 0.368 e. The minimum Gasteiger partial charge on any atom is -0.368 e. The van der Waals surface area contributed by atoms with Crippen LogP contribution < -0.4 is 15.1 Å². The monoisotopic (exact) mass is 499 g/mol. The average molecular weight is 500 g/mol. The molecule has 37 heavy (non-hydrogen) atoms. The van der Waals surface area contributed by atoms with E-state index in [1.807, 2.05) is 31.2 Å². The third-order valence-corrected chi connectivity index (χ3v) is 7.50. The molecule has 5 rings (SSSR count). The number of amides is 1. The number of pyridine rings is 1. The second-order valence-electron chi connectivity index (χ2n) is 10.7. The lowest BCUT2D eigenvalue weighted by molar-refractivity contribution is -0.112. The van der Waals surface area contributed by atoms with Crippen LogP contribution in [0, 0.1) is 13.8 Å². The molecular formula is C30H37N5O2. The number of hydrogen-bond donors (Lipinski definition) is 1. The fourth-order valence-corrected chi connectivity index (χ4v) is 5.58. The third-order valence-electron chi connectivity index (χ3n) is 7.50. The number of carbonyl (C=O) groups excluding carboxylic acids is 2. The van der Waals surface area contributed by atoms with Gasteiger partial charge < -0.3 is 19.7 Å². The highest BCUT2D eigenvalue weighted by Crippen LogP contribution is 2.29. The van der Waals surface area contributed by atoms with Crippen molar-refractivity contribution in [3.8, 4) is 0 Å². The highest BCUT2D eigenvalue weighted by Gasteiger charge is 2.28. The molecule has 1 saturated heterocycles. The average Bonchev–Trinajstić information content (AvgIpc) is 3.28. The molecule has 7 heteroatoms. The van der Waals surface area contributed by atoms with Gasteiger partial charge >= 0.3 is 0 Å². The van der Waals surface area contributed by atoms with Gasteiger partial charge in [-0.25, -0.2) is 4.98 Å². The van der Waals surface area contributed by atoms with Gasteiger partial charge in [0.2, 0.25) is 0 Å². The minimum atomic E-state index is -0.573. The van der Waals surface area contributed by atoms with Crippen molar-refractivity contribution in [2.24, 2.45) is 0 Å². The molecular weight excluding hydrogens is 462 g/mol. The number of piperazine rings is 1. The number of aromatic nitrogens is 2. The highest BCUT2D eigenvalue weighted by molar-refractivity contribution is 6.46. The number of aryl methyl sites for hydroxylation is 3. The molecule has 0 spiro atoms. The molecule has 0 unspecified atom stereocenters. The van der Waals surface area contributed by atoms with Gasteiger partial charge in [-0.3, -0.25) is 9.59 Å². The zero-order chi connectivity index (χ0) is 26.1. The summed E-state index contributed by atoms with van der Waals surface area (Å²) in [6.07, 6.45) is 3.13. The lowest BCUT2D eigenvalue weighted by Gasteiger charge is -2.37. The van der Waals surface area contributed by atoms with E-state index in [2.05, 4.69) is 58.7 Å². The first kappa shape index (κ1) is 25.1. The summed E-state index contributed by atoms with van der Waals surface area (Å²) in [4.78, 5) is 35.6. The molecule has 1 amide bonds. The quantitative estimate of drug-likeness (QED) is 0.377. The van der Waals surface area contributed by atoms with Gasteiger partial charge in [0.15, 0.2) is 0 Å². The Morgan fingerprint density at radius 1 is 0.892 bits per heavy atom. The van der Waals surface area contributed by atoms with Gasteiger partial charge in [0.05, 0.1) is 5.69 Å². The number of anilines is 3. The number of nitrogens with zero attached hydrogens (tertiary/aromatic N) is 4. The van der Waals surface area contributed by atoms with Gasteiger partial charge in [-0.05, 0) is 92.6 Å². The first-order chi connectivity index (χ1) is 17.8. The zero-order valence-corrected chi connectivity index (χ0v) is 22.4.